The van der Waals surface area contributed by atoms with Gasteiger partial charge in [0.1, 0.15) is 0 Å². The van der Waals surface area contributed by atoms with Crippen LogP contribution in [0.3, 0.4) is 0 Å². The molecule has 2 nitrogen and oxygen atoms in total. The van der Waals surface area contributed by atoms with Gasteiger partial charge in [-0.05, 0) is 18.2 Å². The van der Waals surface area contributed by atoms with Gasteiger partial charge in [0.15, 0.2) is 0 Å². The minimum atomic E-state index is 0. The van der Waals surface area contributed by atoms with E-state index in [-0.39, 0.29) is 12.4 Å². The van der Waals surface area contributed by atoms with Gasteiger partial charge in [-0.3, -0.25) is 4.98 Å². The number of fused-ring (bicyclic) bond motifs is 1. The van der Waals surface area contributed by atoms with Crippen LogP contribution in [0.4, 0.5) is 5.00 Å². The summed E-state index contributed by atoms with van der Waals surface area (Å²) in [6, 6.07) is 5.82. The van der Waals surface area contributed by atoms with Crippen molar-refractivity contribution >= 4 is 39.0 Å². The Balaban J connectivity index is 0.000000605. The molecule has 4 heteroatoms. The molecule has 11 heavy (non-hydrogen) atoms. The standard InChI is InChI=1S/C7H6N2S.ClH/c8-7-4-5-6(10-7)2-1-3-9-5;/h1-4H,8H2;1H. The summed E-state index contributed by atoms with van der Waals surface area (Å²) in [7, 11) is 0. The highest BCUT2D eigenvalue weighted by Crippen LogP contribution is 2.24. The van der Waals surface area contributed by atoms with Crippen LogP contribution in [0.15, 0.2) is 24.4 Å². The van der Waals surface area contributed by atoms with Crippen LogP contribution in [-0.4, -0.2) is 4.98 Å². The molecule has 0 fully saturated rings. The molecule has 0 aromatic carbocycles. The first-order chi connectivity index (χ1) is 4.86. The van der Waals surface area contributed by atoms with E-state index in [1.807, 2.05) is 18.2 Å². The molecule has 0 aliphatic heterocycles. The third kappa shape index (κ3) is 1.44. The predicted molar refractivity (Wildman–Crippen MR) is 51.3 cm³/mol. The maximum Gasteiger partial charge on any atom is 0.0885 e. The van der Waals surface area contributed by atoms with Crippen LogP contribution in [0.1, 0.15) is 0 Å². The number of anilines is 1. The first-order valence-electron chi connectivity index (χ1n) is 2.96. The average Bonchev–Trinajstić information content (AvgIpc) is 2.27. The molecular weight excluding hydrogens is 180 g/mol. The topological polar surface area (TPSA) is 38.9 Å². The van der Waals surface area contributed by atoms with Crippen molar-refractivity contribution in [3.63, 3.8) is 0 Å². The molecule has 0 saturated carbocycles. The molecule has 58 valence electrons. The summed E-state index contributed by atoms with van der Waals surface area (Å²) >= 11 is 1.57. The molecule has 0 amide bonds. The third-order valence-corrected chi connectivity index (χ3v) is 2.23. The van der Waals surface area contributed by atoms with Gasteiger partial charge >= 0.3 is 0 Å². The Morgan fingerprint density at radius 2 is 2.27 bits per heavy atom. The van der Waals surface area contributed by atoms with Gasteiger partial charge < -0.3 is 5.73 Å². The molecule has 2 aromatic rings. The fraction of sp³-hybridized carbons (Fsp3) is 0. The quantitative estimate of drug-likeness (QED) is 0.686. The van der Waals surface area contributed by atoms with Crippen molar-refractivity contribution in [3.8, 4) is 0 Å². The molecule has 0 unspecified atom stereocenters. The van der Waals surface area contributed by atoms with Gasteiger partial charge in [-0.25, -0.2) is 0 Å². The van der Waals surface area contributed by atoms with E-state index in [1.165, 1.54) is 0 Å². The lowest BCUT2D eigenvalue weighted by Gasteiger charge is -1.81. The smallest absolute Gasteiger partial charge is 0.0885 e. The van der Waals surface area contributed by atoms with Crippen LogP contribution in [0, 0.1) is 0 Å². The molecule has 0 aliphatic rings. The average molecular weight is 187 g/mol. The fourth-order valence-electron chi connectivity index (χ4n) is 0.889. The van der Waals surface area contributed by atoms with Gasteiger partial charge in [0, 0.05) is 6.20 Å². The number of halogens is 1. The van der Waals surface area contributed by atoms with Crippen LogP contribution >= 0.6 is 23.7 Å². The fourth-order valence-corrected chi connectivity index (χ4v) is 1.68. The lowest BCUT2D eigenvalue weighted by molar-refractivity contribution is 1.43. The van der Waals surface area contributed by atoms with Crippen molar-refractivity contribution in [1.82, 2.24) is 4.98 Å². The normalized spacial score (nSPS) is 9.45. The van der Waals surface area contributed by atoms with Gasteiger partial charge in [0.2, 0.25) is 0 Å². The SMILES string of the molecule is Cl.Nc1cc2ncccc2s1. The van der Waals surface area contributed by atoms with Crippen molar-refractivity contribution < 1.29 is 0 Å². The molecule has 2 N–H and O–H groups in total. The second-order valence-corrected chi connectivity index (χ2v) is 3.15. The zero-order valence-corrected chi connectivity index (χ0v) is 7.28. The first kappa shape index (κ1) is 8.30. The Bertz CT molecular complexity index is 325. The lowest BCUT2D eigenvalue weighted by Crippen LogP contribution is -1.73. The number of hydrogen-bond donors (Lipinski definition) is 1. The molecule has 2 rings (SSSR count). The number of nitrogens with zero attached hydrogens (tertiary/aromatic N) is 1. The number of aromatic nitrogens is 1. The molecule has 2 heterocycles. The largest absolute Gasteiger partial charge is 0.391 e. The van der Waals surface area contributed by atoms with E-state index in [9.17, 15) is 0 Å². The summed E-state index contributed by atoms with van der Waals surface area (Å²) < 4.78 is 1.15. The zero-order chi connectivity index (χ0) is 6.97. The molecule has 0 saturated heterocycles. The van der Waals surface area contributed by atoms with E-state index in [4.69, 9.17) is 5.73 Å². The highest BCUT2D eigenvalue weighted by molar-refractivity contribution is 7.22. The maximum absolute atomic E-state index is 5.57. The van der Waals surface area contributed by atoms with Crippen molar-refractivity contribution in [3.05, 3.63) is 24.4 Å². The van der Waals surface area contributed by atoms with Gasteiger partial charge in [-0.1, -0.05) is 0 Å². The summed E-state index contributed by atoms with van der Waals surface area (Å²) in [5.41, 5.74) is 6.56. The van der Waals surface area contributed by atoms with Crippen molar-refractivity contribution in [2.24, 2.45) is 0 Å². The summed E-state index contributed by atoms with van der Waals surface area (Å²) in [4.78, 5) is 4.13. The van der Waals surface area contributed by atoms with Crippen molar-refractivity contribution in [1.29, 1.82) is 0 Å². The number of hydrogen-bond acceptors (Lipinski definition) is 3. The van der Waals surface area contributed by atoms with Crippen LogP contribution < -0.4 is 5.73 Å². The van der Waals surface area contributed by atoms with Crippen molar-refractivity contribution in [2.45, 2.75) is 0 Å². The van der Waals surface area contributed by atoms with Crippen LogP contribution in [-0.2, 0) is 0 Å². The van der Waals surface area contributed by atoms with Gasteiger partial charge in [-0.2, -0.15) is 0 Å². The van der Waals surface area contributed by atoms with E-state index >= 15 is 0 Å². The Morgan fingerprint density at radius 1 is 1.45 bits per heavy atom. The molecule has 0 radical (unpaired) electrons. The molecule has 0 spiro atoms. The van der Waals surface area contributed by atoms with Crippen LogP contribution in [0.2, 0.25) is 0 Å². The number of nitrogens with two attached hydrogens (primary N) is 1. The monoisotopic (exact) mass is 186 g/mol. The predicted octanol–water partition coefficient (Wildman–Crippen LogP) is 2.30. The maximum atomic E-state index is 5.57. The van der Waals surface area contributed by atoms with E-state index in [0.717, 1.165) is 15.2 Å². The Kier molecular flexibility index (Phi) is 2.31. The minimum absolute atomic E-state index is 0. The summed E-state index contributed by atoms with van der Waals surface area (Å²) in [5, 5.41) is 0.828. The molecule has 0 bridgehead atoms. The molecule has 2 aromatic heterocycles. The second kappa shape index (κ2) is 3.07. The number of thiophene rings is 1. The van der Waals surface area contributed by atoms with Gasteiger partial charge in [0.05, 0.1) is 15.2 Å². The number of pyridine rings is 1. The van der Waals surface area contributed by atoms with Crippen molar-refractivity contribution in [2.75, 3.05) is 5.73 Å². The Labute approximate surface area is 74.5 Å². The molecule has 0 atom stereocenters. The van der Waals surface area contributed by atoms with E-state index < -0.39 is 0 Å². The van der Waals surface area contributed by atoms with E-state index in [0.29, 0.717) is 0 Å². The van der Waals surface area contributed by atoms with Gasteiger partial charge in [0.25, 0.3) is 0 Å². The highest BCUT2D eigenvalue weighted by atomic mass is 35.5. The summed E-state index contributed by atoms with van der Waals surface area (Å²) in [6.45, 7) is 0. The first-order valence-corrected chi connectivity index (χ1v) is 3.78. The highest BCUT2D eigenvalue weighted by Gasteiger charge is 1.95. The van der Waals surface area contributed by atoms with E-state index in [2.05, 4.69) is 4.98 Å². The zero-order valence-electron chi connectivity index (χ0n) is 5.65. The third-order valence-electron chi connectivity index (χ3n) is 1.31. The number of rotatable bonds is 0. The minimum Gasteiger partial charge on any atom is -0.391 e. The van der Waals surface area contributed by atoms with E-state index in [1.54, 1.807) is 17.5 Å². The Hall–Kier alpha value is -0.800. The van der Waals surface area contributed by atoms with Crippen LogP contribution in [0.25, 0.3) is 10.2 Å². The number of nitrogen functional groups attached to an aromatic ring is 1. The van der Waals surface area contributed by atoms with Gasteiger partial charge in [-0.15, -0.1) is 23.7 Å². The summed E-state index contributed by atoms with van der Waals surface area (Å²) in [5.74, 6) is 0. The lowest BCUT2D eigenvalue weighted by atomic mass is 10.4. The second-order valence-electron chi connectivity index (χ2n) is 2.04. The molecular formula is C7H7ClN2S. The Morgan fingerprint density at radius 3 is 3.00 bits per heavy atom. The summed E-state index contributed by atoms with van der Waals surface area (Å²) in [6.07, 6.45) is 1.77. The van der Waals surface area contributed by atoms with Crippen LogP contribution in [0.5, 0.6) is 0 Å². The molecule has 0 aliphatic carbocycles.